The lowest BCUT2D eigenvalue weighted by Gasteiger charge is -2.47. The van der Waals surface area contributed by atoms with Gasteiger partial charge >= 0.3 is 59.0 Å². The first kappa shape index (κ1) is 33.3. The summed E-state index contributed by atoms with van der Waals surface area (Å²) in [6.45, 7) is 0. The summed E-state index contributed by atoms with van der Waals surface area (Å²) in [5, 5.41) is -1.10. The number of rotatable bonds is 7. The summed E-state index contributed by atoms with van der Waals surface area (Å²) in [5.74, 6) is -65.1. The van der Waals surface area contributed by atoms with Gasteiger partial charge in [0.05, 0.1) is 0 Å². The molecule has 2 bridgehead atoms. The Morgan fingerprint density at radius 1 is 0.463 bits per heavy atom. The monoisotopic (exact) mass is 666 g/mol. The first-order valence-corrected chi connectivity index (χ1v) is 10.3. The van der Waals surface area contributed by atoms with Gasteiger partial charge in [0.2, 0.25) is 0 Å². The first-order chi connectivity index (χ1) is 17.9. The second-order valence-electron chi connectivity index (χ2n) is 8.70. The van der Waals surface area contributed by atoms with Crippen LogP contribution in [-0.2, 0) is 9.47 Å². The maximum Gasteiger partial charge on any atom is 0.460 e. The third kappa shape index (κ3) is 4.01. The van der Waals surface area contributed by atoms with E-state index in [1.165, 1.54) is 0 Å². The van der Waals surface area contributed by atoms with Crippen LogP contribution in [-0.4, -0.2) is 71.3 Å². The third-order valence-corrected chi connectivity index (χ3v) is 6.54. The van der Waals surface area contributed by atoms with Crippen molar-refractivity contribution in [1.29, 1.82) is 0 Å². The summed E-state index contributed by atoms with van der Waals surface area (Å²) in [5.41, 5.74) is -6.12. The summed E-state index contributed by atoms with van der Waals surface area (Å²) in [6.07, 6.45) is -18.0. The zero-order valence-corrected chi connectivity index (χ0v) is 19.1. The van der Waals surface area contributed by atoms with Gasteiger partial charge in [-0.1, -0.05) is 12.2 Å². The predicted octanol–water partition coefficient (Wildman–Crippen LogP) is 7.74. The van der Waals surface area contributed by atoms with Gasteiger partial charge < -0.3 is 9.47 Å². The van der Waals surface area contributed by atoms with Crippen molar-refractivity contribution < 1.29 is 97.3 Å². The lowest BCUT2D eigenvalue weighted by atomic mass is 9.65. The normalized spacial score (nSPS) is 26.8. The van der Waals surface area contributed by atoms with Crippen LogP contribution >= 0.6 is 12.2 Å². The standard InChI is InChI=1S/C18H6F20O2S/c19-10(20,5-3-1-2-4(6(5)11(21,22)23)8-7(3)39-9(41)40-8)12(24,25)13(26,27)14(28,29)15(30,31)16(32,33)17(34,35)18(36,37)38/h1-4,7-8H/t3-,4+,7?,8?/m0/s1. The number of hydrogen-bond donors (Lipinski definition) is 0. The molecule has 3 aliphatic carbocycles. The van der Waals surface area contributed by atoms with Crippen LogP contribution < -0.4 is 0 Å². The largest absolute Gasteiger partial charge is 0.460 e. The van der Waals surface area contributed by atoms with E-state index in [1.807, 2.05) is 0 Å². The maximum atomic E-state index is 15.0. The number of thiocarbonyl (C=S) groups is 1. The van der Waals surface area contributed by atoms with E-state index in [1.54, 1.807) is 0 Å². The van der Waals surface area contributed by atoms with Gasteiger partial charge in [0.1, 0.15) is 0 Å². The minimum Gasteiger partial charge on any atom is -0.449 e. The van der Waals surface area contributed by atoms with Gasteiger partial charge in [-0.2, -0.15) is 87.8 Å². The van der Waals surface area contributed by atoms with Crippen molar-refractivity contribution in [3.8, 4) is 0 Å². The molecule has 0 amide bonds. The van der Waals surface area contributed by atoms with Gasteiger partial charge in [-0.15, -0.1) is 0 Å². The van der Waals surface area contributed by atoms with Crippen molar-refractivity contribution >= 4 is 17.5 Å². The topological polar surface area (TPSA) is 18.5 Å². The number of hydrogen-bond acceptors (Lipinski definition) is 3. The van der Waals surface area contributed by atoms with E-state index in [4.69, 9.17) is 0 Å². The summed E-state index contributed by atoms with van der Waals surface area (Å²) >= 11 is 4.32. The van der Waals surface area contributed by atoms with Gasteiger partial charge in [-0.3, -0.25) is 0 Å². The van der Waals surface area contributed by atoms with Crippen molar-refractivity contribution in [2.24, 2.45) is 11.8 Å². The van der Waals surface area contributed by atoms with E-state index >= 15 is 0 Å². The smallest absolute Gasteiger partial charge is 0.449 e. The molecule has 4 rings (SSSR count). The zero-order chi connectivity index (χ0) is 32.4. The van der Waals surface area contributed by atoms with E-state index < -0.39 is 94.2 Å². The Balaban J connectivity index is 2.23. The van der Waals surface area contributed by atoms with Crippen molar-refractivity contribution in [2.75, 3.05) is 0 Å². The quantitative estimate of drug-likeness (QED) is 0.158. The first-order valence-electron chi connectivity index (χ1n) is 9.94. The minimum absolute atomic E-state index is 0.167. The molecule has 0 spiro atoms. The molecule has 1 fully saturated rings. The highest BCUT2D eigenvalue weighted by Crippen LogP contribution is 2.66. The molecular weight excluding hydrogens is 660 g/mol. The van der Waals surface area contributed by atoms with Crippen LogP contribution in [0, 0.1) is 11.8 Å². The van der Waals surface area contributed by atoms with Gasteiger partial charge in [0.15, 0.2) is 12.2 Å². The van der Waals surface area contributed by atoms with Crippen LogP contribution in [0.5, 0.6) is 0 Å². The fourth-order valence-electron chi connectivity index (χ4n) is 4.33. The molecular formula is C18H6F20O2S. The molecule has 0 N–H and O–H groups in total. The highest BCUT2D eigenvalue weighted by molar-refractivity contribution is 7.79. The van der Waals surface area contributed by atoms with Gasteiger partial charge in [0.25, 0.3) is 0 Å². The Hall–Kier alpha value is -2.23. The highest BCUT2D eigenvalue weighted by atomic mass is 32.1. The van der Waals surface area contributed by atoms with Crippen molar-refractivity contribution in [3.05, 3.63) is 23.3 Å². The van der Waals surface area contributed by atoms with Gasteiger partial charge in [-0.05, 0) is 0 Å². The van der Waals surface area contributed by atoms with Gasteiger partial charge in [0, 0.05) is 35.2 Å². The molecule has 0 saturated carbocycles. The molecule has 0 radical (unpaired) electrons. The van der Waals surface area contributed by atoms with E-state index in [0.29, 0.717) is 6.08 Å². The molecule has 0 aromatic carbocycles. The van der Waals surface area contributed by atoms with Crippen LogP contribution in [0.3, 0.4) is 0 Å². The van der Waals surface area contributed by atoms with Crippen LogP contribution in [0.2, 0.25) is 0 Å². The van der Waals surface area contributed by atoms with E-state index in [2.05, 4.69) is 21.7 Å². The molecule has 1 aliphatic heterocycles. The molecule has 2 unspecified atom stereocenters. The number of halogens is 20. The average molecular weight is 666 g/mol. The molecule has 2 nitrogen and oxygen atoms in total. The Morgan fingerprint density at radius 3 is 1.12 bits per heavy atom. The van der Waals surface area contributed by atoms with Crippen molar-refractivity contribution in [1.82, 2.24) is 0 Å². The third-order valence-electron chi connectivity index (χ3n) is 6.34. The molecule has 236 valence electrons. The number of alkyl halides is 20. The van der Waals surface area contributed by atoms with Crippen LogP contribution in [0.1, 0.15) is 0 Å². The van der Waals surface area contributed by atoms with Crippen LogP contribution in [0.4, 0.5) is 87.8 Å². The Morgan fingerprint density at radius 2 is 0.780 bits per heavy atom. The molecule has 41 heavy (non-hydrogen) atoms. The molecule has 0 aromatic heterocycles. The SMILES string of the molecule is FC(F)(F)C1=C(C(F)(F)C(F)(F)C(F)(F)C(F)(F)C(F)(F)C(F)(F)C(F)(F)C(F)(F)F)[C@@H]2C=C[C@H]1C1OC(=S)OC12. The Kier molecular flexibility index (Phi) is 7.03. The van der Waals surface area contributed by atoms with Crippen molar-refractivity contribution in [2.45, 2.75) is 66.0 Å². The minimum atomic E-state index is -8.93. The average Bonchev–Trinajstić information content (AvgIpc) is 3.19. The predicted molar refractivity (Wildman–Crippen MR) is 92.2 cm³/mol. The summed E-state index contributed by atoms with van der Waals surface area (Å²) < 4.78 is 282. The Labute approximate surface area is 216 Å². The summed E-state index contributed by atoms with van der Waals surface area (Å²) in [7, 11) is 0. The summed E-state index contributed by atoms with van der Waals surface area (Å²) in [4.78, 5) is 0. The van der Waals surface area contributed by atoms with E-state index in [9.17, 15) is 87.8 Å². The van der Waals surface area contributed by atoms with Crippen molar-refractivity contribution in [3.63, 3.8) is 0 Å². The molecule has 1 heterocycles. The van der Waals surface area contributed by atoms with Crippen LogP contribution in [0.15, 0.2) is 23.3 Å². The maximum absolute atomic E-state index is 15.0. The fraction of sp³-hybridized carbons (Fsp3) is 0.722. The second kappa shape index (κ2) is 8.66. The van der Waals surface area contributed by atoms with Gasteiger partial charge in [-0.25, -0.2) is 0 Å². The van der Waals surface area contributed by atoms with E-state index in [0.717, 1.165) is 0 Å². The molecule has 4 aliphatic rings. The van der Waals surface area contributed by atoms with Crippen LogP contribution in [0.25, 0.3) is 0 Å². The molecule has 23 heteroatoms. The second-order valence-corrected chi connectivity index (χ2v) is 9.03. The highest BCUT2D eigenvalue weighted by Gasteiger charge is 2.95. The summed E-state index contributed by atoms with van der Waals surface area (Å²) in [6, 6.07) is 0. The molecule has 1 saturated heterocycles. The molecule has 4 atom stereocenters. The lowest BCUT2D eigenvalue weighted by Crippen LogP contribution is -2.74. The zero-order valence-electron chi connectivity index (χ0n) is 18.2. The lowest BCUT2D eigenvalue weighted by molar-refractivity contribution is -0.460. The van der Waals surface area contributed by atoms with E-state index in [-0.39, 0.29) is 6.08 Å². The molecule has 0 aromatic rings. The Bertz CT molecular complexity index is 1160. The fourth-order valence-corrected chi connectivity index (χ4v) is 4.55. The number of ether oxygens (including phenoxy) is 2.